The molecule has 2 amide bonds. The third kappa shape index (κ3) is 4.45. The fourth-order valence-corrected chi connectivity index (χ4v) is 4.88. The molecule has 6 nitrogen and oxygen atoms in total. The molecule has 5 rings (SSSR count). The van der Waals surface area contributed by atoms with Crippen LogP contribution in [0.5, 0.6) is 0 Å². The van der Waals surface area contributed by atoms with Crippen LogP contribution in [0.15, 0.2) is 72.9 Å². The van der Waals surface area contributed by atoms with Gasteiger partial charge in [-0.05, 0) is 55.0 Å². The number of amides is 2. The highest BCUT2D eigenvalue weighted by Crippen LogP contribution is 2.41. The fraction of sp³-hybridized carbons (Fsp3) is 0.250. The molecule has 1 saturated heterocycles. The van der Waals surface area contributed by atoms with E-state index in [0.717, 1.165) is 22.0 Å². The zero-order chi connectivity index (χ0) is 26.5. The third-order valence-electron chi connectivity index (χ3n) is 6.77. The van der Waals surface area contributed by atoms with E-state index in [0.29, 0.717) is 18.3 Å². The van der Waals surface area contributed by atoms with Crippen molar-refractivity contribution >= 4 is 28.4 Å². The standard InChI is InChI=1S/C28H25F3N4O2/c1-16-5-4-6-18(13-16)25-24(33-27(37)28(3,30)31)17(2)26(36)34(25)22-11-12-23-19(14-22)15-32-35(23)21-9-7-20(29)8-10-21/h4-15,17,24-25H,1-3H3,(H,33,37). The highest BCUT2D eigenvalue weighted by Gasteiger charge is 2.49. The zero-order valence-electron chi connectivity index (χ0n) is 20.5. The summed E-state index contributed by atoms with van der Waals surface area (Å²) in [6, 6.07) is 17.2. The number of alkyl halides is 2. The van der Waals surface area contributed by atoms with Crippen molar-refractivity contribution in [3.8, 4) is 5.69 Å². The van der Waals surface area contributed by atoms with Gasteiger partial charge in [0.25, 0.3) is 5.91 Å². The SMILES string of the molecule is Cc1cccc(C2C(NC(=O)C(C)(F)F)C(C)C(=O)N2c2ccc3c(cnn3-c3ccc(F)cc3)c2)c1. The highest BCUT2D eigenvalue weighted by atomic mass is 19.3. The van der Waals surface area contributed by atoms with Crippen molar-refractivity contribution in [2.45, 2.75) is 38.8 Å². The monoisotopic (exact) mass is 506 g/mol. The van der Waals surface area contributed by atoms with E-state index in [4.69, 9.17) is 0 Å². The molecule has 2 heterocycles. The van der Waals surface area contributed by atoms with E-state index >= 15 is 0 Å². The molecule has 0 bridgehead atoms. The molecule has 3 atom stereocenters. The van der Waals surface area contributed by atoms with Crippen LogP contribution in [0.2, 0.25) is 0 Å². The average Bonchev–Trinajstić information content (AvgIpc) is 3.38. The zero-order valence-corrected chi connectivity index (χ0v) is 20.5. The number of nitrogens with one attached hydrogen (secondary N) is 1. The van der Waals surface area contributed by atoms with Gasteiger partial charge in [0.1, 0.15) is 5.82 Å². The van der Waals surface area contributed by atoms with Crippen molar-refractivity contribution in [3.63, 3.8) is 0 Å². The van der Waals surface area contributed by atoms with E-state index < -0.39 is 29.8 Å². The van der Waals surface area contributed by atoms with Crippen molar-refractivity contribution in [2.75, 3.05) is 4.90 Å². The number of fused-ring (bicyclic) bond motifs is 1. The Morgan fingerprint density at radius 2 is 1.73 bits per heavy atom. The van der Waals surface area contributed by atoms with Gasteiger partial charge in [-0.25, -0.2) is 9.07 Å². The van der Waals surface area contributed by atoms with Crippen molar-refractivity contribution in [1.29, 1.82) is 0 Å². The number of anilines is 1. The first-order valence-corrected chi connectivity index (χ1v) is 11.9. The maximum Gasteiger partial charge on any atom is 0.321 e. The summed E-state index contributed by atoms with van der Waals surface area (Å²) < 4.78 is 42.7. The maximum absolute atomic E-state index is 13.8. The number of aryl methyl sites for hydroxylation is 1. The number of hydrogen-bond donors (Lipinski definition) is 1. The normalized spacial score (nSPS) is 20.0. The van der Waals surface area contributed by atoms with E-state index in [9.17, 15) is 22.8 Å². The molecule has 0 aliphatic carbocycles. The lowest BCUT2D eigenvalue weighted by atomic mass is 9.93. The Bertz CT molecular complexity index is 1490. The summed E-state index contributed by atoms with van der Waals surface area (Å²) in [6.45, 7) is 4.07. The second-order valence-electron chi connectivity index (χ2n) is 9.52. The lowest BCUT2D eigenvalue weighted by Crippen LogP contribution is -2.48. The summed E-state index contributed by atoms with van der Waals surface area (Å²) in [4.78, 5) is 27.4. The molecule has 0 radical (unpaired) electrons. The molecule has 3 aromatic carbocycles. The van der Waals surface area contributed by atoms with Crippen molar-refractivity contribution in [3.05, 3.63) is 89.9 Å². The Morgan fingerprint density at radius 3 is 2.41 bits per heavy atom. The molecular weight excluding hydrogens is 481 g/mol. The van der Waals surface area contributed by atoms with Crippen LogP contribution in [0.3, 0.4) is 0 Å². The number of aromatic nitrogens is 2. The second-order valence-corrected chi connectivity index (χ2v) is 9.52. The molecule has 9 heteroatoms. The minimum Gasteiger partial charge on any atom is -0.345 e. The van der Waals surface area contributed by atoms with Crippen LogP contribution >= 0.6 is 0 Å². The number of nitrogens with zero attached hydrogens (tertiary/aromatic N) is 3. The lowest BCUT2D eigenvalue weighted by Gasteiger charge is -2.30. The van der Waals surface area contributed by atoms with Gasteiger partial charge in [-0.15, -0.1) is 0 Å². The van der Waals surface area contributed by atoms with E-state index in [-0.39, 0.29) is 11.7 Å². The predicted octanol–water partition coefficient (Wildman–Crippen LogP) is 5.34. The quantitative estimate of drug-likeness (QED) is 0.398. The first kappa shape index (κ1) is 24.5. The van der Waals surface area contributed by atoms with Crippen molar-refractivity contribution in [2.24, 2.45) is 5.92 Å². The Kier molecular flexibility index (Phi) is 6.01. The summed E-state index contributed by atoms with van der Waals surface area (Å²) >= 11 is 0. The molecule has 0 saturated carbocycles. The number of rotatable bonds is 5. The third-order valence-corrected chi connectivity index (χ3v) is 6.77. The number of halogens is 3. The fourth-order valence-electron chi connectivity index (χ4n) is 4.88. The summed E-state index contributed by atoms with van der Waals surface area (Å²) in [5.41, 5.74) is 3.64. The van der Waals surface area contributed by atoms with Crippen molar-refractivity contribution in [1.82, 2.24) is 15.1 Å². The summed E-state index contributed by atoms with van der Waals surface area (Å²) in [5.74, 6) is -6.39. The Hall–Kier alpha value is -4.14. The van der Waals surface area contributed by atoms with Gasteiger partial charge in [-0.2, -0.15) is 13.9 Å². The molecule has 1 aliphatic rings. The van der Waals surface area contributed by atoms with E-state index in [1.807, 2.05) is 31.2 Å². The molecule has 0 spiro atoms. The predicted molar refractivity (Wildman–Crippen MR) is 134 cm³/mol. The van der Waals surface area contributed by atoms with Crippen LogP contribution in [-0.2, 0) is 9.59 Å². The summed E-state index contributed by atoms with van der Waals surface area (Å²) in [5, 5.41) is 7.59. The molecule has 4 aromatic rings. The molecule has 1 aromatic heterocycles. The van der Waals surface area contributed by atoms with Gasteiger partial charge in [0.05, 0.1) is 35.4 Å². The second kappa shape index (κ2) is 9.06. The van der Waals surface area contributed by atoms with Crippen LogP contribution < -0.4 is 10.2 Å². The number of carbonyl (C=O) groups excluding carboxylic acids is 2. The van der Waals surface area contributed by atoms with Gasteiger partial charge < -0.3 is 10.2 Å². The van der Waals surface area contributed by atoms with Crippen LogP contribution in [-0.4, -0.2) is 33.6 Å². The summed E-state index contributed by atoms with van der Waals surface area (Å²) in [7, 11) is 0. The maximum atomic E-state index is 13.8. The first-order chi connectivity index (χ1) is 17.5. The molecular formula is C28H25F3N4O2. The van der Waals surface area contributed by atoms with E-state index in [1.165, 1.54) is 12.1 Å². The Balaban J connectivity index is 1.58. The van der Waals surface area contributed by atoms with Gasteiger partial charge in [0, 0.05) is 18.0 Å². The molecule has 1 N–H and O–H groups in total. The minimum atomic E-state index is -3.58. The van der Waals surface area contributed by atoms with Gasteiger partial charge in [0.15, 0.2) is 0 Å². The number of hydrogen-bond acceptors (Lipinski definition) is 3. The molecule has 1 fully saturated rings. The molecule has 37 heavy (non-hydrogen) atoms. The molecule has 3 unspecified atom stereocenters. The smallest absolute Gasteiger partial charge is 0.321 e. The van der Waals surface area contributed by atoms with Gasteiger partial charge >= 0.3 is 5.92 Å². The number of benzene rings is 3. The first-order valence-electron chi connectivity index (χ1n) is 11.9. The Labute approximate surface area is 211 Å². The largest absolute Gasteiger partial charge is 0.345 e. The molecule has 1 aliphatic heterocycles. The topological polar surface area (TPSA) is 67.2 Å². The van der Waals surface area contributed by atoms with Crippen LogP contribution in [0.4, 0.5) is 18.9 Å². The van der Waals surface area contributed by atoms with Gasteiger partial charge in [-0.3, -0.25) is 9.59 Å². The van der Waals surface area contributed by atoms with Gasteiger partial charge in [-0.1, -0.05) is 36.8 Å². The summed E-state index contributed by atoms with van der Waals surface area (Å²) in [6.07, 6.45) is 1.64. The van der Waals surface area contributed by atoms with Gasteiger partial charge in [0.2, 0.25) is 5.91 Å². The van der Waals surface area contributed by atoms with E-state index in [1.54, 1.807) is 53.0 Å². The van der Waals surface area contributed by atoms with Crippen LogP contribution in [0.1, 0.15) is 31.0 Å². The molecule has 190 valence electrons. The minimum absolute atomic E-state index is 0.290. The van der Waals surface area contributed by atoms with Crippen LogP contribution in [0, 0.1) is 18.7 Å². The Morgan fingerprint density at radius 1 is 1.03 bits per heavy atom. The lowest BCUT2D eigenvalue weighted by molar-refractivity contribution is -0.144. The number of carbonyl (C=O) groups is 2. The highest BCUT2D eigenvalue weighted by molar-refractivity contribution is 6.01. The average molecular weight is 507 g/mol. The van der Waals surface area contributed by atoms with Crippen LogP contribution in [0.25, 0.3) is 16.6 Å². The van der Waals surface area contributed by atoms with Crippen molar-refractivity contribution < 1.29 is 22.8 Å². The van der Waals surface area contributed by atoms with E-state index in [2.05, 4.69) is 10.4 Å².